The number of primary amides is 1. The van der Waals surface area contributed by atoms with Crippen LogP contribution in [0.4, 0.5) is 0 Å². The second-order valence-electron chi connectivity index (χ2n) is 2.17. The van der Waals surface area contributed by atoms with Crippen molar-refractivity contribution in [2.45, 2.75) is 34.1 Å². The summed E-state index contributed by atoms with van der Waals surface area (Å²) < 4.78 is 2.06. The van der Waals surface area contributed by atoms with Gasteiger partial charge in [-0.05, 0) is 0 Å². The molecule has 0 aliphatic heterocycles. The minimum atomic E-state index is -0.333. The average Bonchev–Trinajstić information content (AvgIpc) is 1.90. The predicted molar refractivity (Wildman–Crippen MR) is 54.7 cm³/mol. The van der Waals surface area contributed by atoms with E-state index in [-0.39, 0.29) is 5.91 Å². The molecule has 0 saturated carbocycles. The summed E-state index contributed by atoms with van der Waals surface area (Å²) in [6.45, 7) is 7.43. The summed E-state index contributed by atoms with van der Waals surface area (Å²) in [5, 5.41) is 0. The lowest BCUT2D eigenvalue weighted by atomic mass is 10.7. The van der Waals surface area contributed by atoms with E-state index in [1.165, 1.54) is 6.92 Å². The summed E-state index contributed by atoms with van der Waals surface area (Å²) >= 11 is 0. The van der Waals surface area contributed by atoms with Gasteiger partial charge in [-0.2, -0.15) is 0 Å². The molecule has 0 atom stereocenters. The first-order valence-corrected chi connectivity index (χ1v) is 4.26. The molecule has 0 fully saturated rings. The van der Waals surface area contributed by atoms with E-state index in [0.717, 1.165) is 6.42 Å². The van der Waals surface area contributed by atoms with Gasteiger partial charge in [-0.15, -0.1) is 0 Å². The summed E-state index contributed by atoms with van der Waals surface area (Å²) in [4.78, 5) is 9.22. The highest BCUT2D eigenvalue weighted by atomic mass is 16.1. The zero-order valence-electron chi connectivity index (χ0n) is 9.22. The summed E-state index contributed by atoms with van der Waals surface area (Å²) in [5.41, 5.74) is 4.47. The maximum absolute atomic E-state index is 9.22. The molecule has 12 heavy (non-hydrogen) atoms. The SMILES string of the molecule is CC(N)=O.C[N+](C)=CC[13CH3].[13CH3][13CH3]. The Morgan fingerprint density at radius 3 is 1.67 bits per heavy atom. The number of carbonyl (C=O) groups excluding carboxylic acids is 1. The molecule has 0 aliphatic carbocycles. The van der Waals surface area contributed by atoms with E-state index in [2.05, 4.69) is 23.4 Å². The van der Waals surface area contributed by atoms with Crippen LogP contribution in [-0.4, -0.2) is 30.8 Å². The molecule has 0 rings (SSSR count). The maximum Gasteiger partial charge on any atom is 0.214 e. The van der Waals surface area contributed by atoms with Crippen molar-refractivity contribution in [3.8, 4) is 0 Å². The third-order valence-electron chi connectivity index (χ3n) is 0.548. The number of hydrogen-bond acceptors (Lipinski definition) is 1. The smallest absolute Gasteiger partial charge is 0.214 e. The quantitative estimate of drug-likeness (QED) is 0.367. The van der Waals surface area contributed by atoms with Crippen LogP contribution in [0.5, 0.6) is 0 Å². The molecule has 0 aromatic heterocycles. The molecule has 0 saturated heterocycles. The number of hydrogen-bond donors (Lipinski definition) is 1. The topological polar surface area (TPSA) is 46.1 Å². The second-order valence-corrected chi connectivity index (χ2v) is 2.17. The lowest BCUT2D eigenvalue weighted by molar-refractivity contribution is -0.460. The molecule has 0 unspecified atom stereocenters. The van der Waals surface area contributed by atoms with Crippen LogP contribution in [0, 0.1) is 0 Å². The normalized spacial score (nSPS) is 6.50. The van der Waals surface area contributed by atoms with Crippen molar-refractivity contribution in [1.82, 2.24) is 0 Å². The van der Waals surface area contributed by atoms with Gasteiger partial charge in [0, 0.05) is 13.3 Å². The van der Waals surface area contributed by atoms with Crippen molar-refractivity contribution in [1.29, 1.82) is 0 Å². The number of nitrogens with zero attached hydrogens (tertiary/aromatic N) is 1. The van der Waals surface area contributed by atoms with Crippen LogP contribution in [0.25, 0.3) is 0 Å². The third kappa shape index (κ3) is 132. The molecule has 0 aromatic carbocycles. The molecule has 0 radical (unpaired) electrons. The molecular weight excluding hydrogens is 155 g/mol. The Morgan fingerprint density at radius 2 is 1.67 bits per heavy atom. The Balaban J connectivity index is -0.000000118. The zero-order valence-corrected chi connectivity index (χ0v) is 9.22. The van der Waals surface area contributed by atoms with Crippen molar-refractivity contribution in [3.05, 3.63) is 0 Å². The van der Waals surface area contributed by atoms with Gasteiger partial charge in [0.15, 0.2) is 0 Å². The van der Waals surface area contributed by atoms with E-state index >= 15 is 0 Å². The van der Waals surface area contributed by atoms with Crippen molar-refractivity contribution in [2.24, 2.45) is 5.73 Å². The zero-order chi connectivity index (χ0) is 10.6. The van der Waals surface area contributed by atoms with Crippen LogP contribution >= 0.6 is 0 Å². The Hall–Kier alpha value is -0.860. The van der Waals surface area contributed by atoms with E-state index in [1.54, 1.807) is 0 Å². The largest absolute Gasteiger partial charge is 0.370 e. The number of nitrogens with two attached hydrogens (primary N) is 1. The molecule has 0 spiro atoms. The minimum Gasteiger partial charge on any atom is -0.370 e. The van der Waals surface area contributed by atoms with Gasteiger partial charge in [-0.1, -0.05) is 20.8 Å². The lowest BCUT2D eigenvalue weighted by Gasteiger charge is -1.76. The van der Waals surface area contributed by atoms with E-state index in [9.17, 15) is 4.79 Å². The molecule has 0 heterocycles. The summed E-state index contributed by atoms with van der Waals surface area (Å²) in [6, 6.07) is 0. The van der Waals surface area contributed by atoms with Gasteiger partial charge in [0.05, 0.1) is 0 Å². The lowest BCUT2D eigenvalue weighted by Crippen LogP contribution is -2.01. The van der Waals surface area contributed by atoms with E-state index in [1.807, 2.05) is 27.9 Å². The van der Waals surface area contributed by atoms with Crippen LogP contribution in [0.1, 0.15) is 34.1 Å². The second kappa shape index (κ2) is 16.6. The molecule has 1 amide bonds. The van der Waals surface area contributed by atoms with Gasteiger partial charge in [-0.25, -0.2) is 4.58 Å². The molecule has 0 aromatic rings. The average molecular weight is 178 g/mol. The fourth-order valence-corrected chi connectivity index (χ4v) is 0.365. The van der Waals surface area contributed by atoms with Crippen molar-refractivity contribution in [2.75, 3.05) is 14.1 Å². The van der Waals surface area contributed by atoms with E-state index in [4.69, 9.17) is 0 Å². The monoisotopic (exact) mass is 178 g/mol. The van der Waals surface area contributed by atoms with Crippen molar-refractivity contribution in [3.63, 3.8) is 0 Å². The molecule has 3 nitrogen and oxygen atoms in total. The fraction of sp³-hybridized carbons (Fsp3) is 0.778. The van der Waals surface area contributed by atoms with Crippen molar-refractivity contribution >= 4 is 12.1 Å². The summed E-state index contributed by atoms with van der Waals surface area (Å²) in [5.74, 6) is -0.333. The Kier molecular flexibility index (Phi) is 23.9. The molecule has 2 N–H and O–H groups in total. The third-order valence-corrected chi connectivity index (χ3v) is 0.548. The highest BCUT2D eigenvalue weighted by Gasteiger charge is 1.72. The van der Waals surface area contributed by atoms with Crippen molar-refractivity contribution < 1.29 is 9.37 Å². The van der Waals surface area contributed by atoms with Gasteiger partial charge in [0.2, 0.25) is 5.91 Å². The molecule has 0 bridgehead atoms. The Bertz CT molecular complexity index is 112. The first-order valence-electron chi connectivity index (χ1n) is 4.26. The molecule has 0 aliphatic rings. The molecular formula is C9H23N2O+. The first kappa shape index (κ1) is 17.3. The van der Waals surface area contributed by atoms with Crippen LogP contribution in [0.15, 0.2) is 0 Å². The number of amides is 1. The van der Waals surface area contributed by atoms with Crippen LogP contribution in [-0.2, 0) is 4.79 Å². The Labute approximate surface area is 76.3 Å². The minimum absolute atomic E-state index is 0.333. The van der Waals surface area contributed by atoms with E-state index in [0.29, 0.717) is 0 Å². The van der Waals surface area contributed by atoms with E-state index < -0.39 is 0 Å². The maximum atomic E-state index is 9.22. The predicted octanol–water partition coefficient (Wildman–Crippen LogP) is 1.26. The van der Waals surface area contributed by atoms with Gasteiger partial charge >= 0.3 is 0 Å². The fourth-order valence-electron chi connectivity index (χ4n) is 0.365. The van der Waals surface area contributed by atoms with Gasteiger partial charge in [0.1, 0.15) is 20.3 Å². The van der Waals surface area contributed by atoms with Gasteiger partial charge in [0.25, 0.3) is 0 Å². The molecule has 74 valence electrons. The highest BCUT2D eigenvalue weighted by Crippen LogP contribution is 1.61. The van der Waals surface area contributed by atoms with Gasteiger partial charge in [-0.3, -0.25) is 4.79 Å². The summed E-state index contributed by atoms with van der Waals surface area (Å²) in [6.07, 6.45) is 3.26. The Morgan fingerprint density at radius 1 is 1.42 bits per heavy atom. The van der Waals surface area contributed by atoms with Gasteiger partial charge < -0.3 is 5.73 Å². The first-order chi connectivity index (χ1) is 5.50. The highest BCUT2D eigenvalue weighted by molar-refractivity contribution is 5.70. The van der Waals surface area contributed by atoms with Crippen LogP contribution in [0.3, 0.4) is 0 Å². The number of carbonyl (C=O) groups is 1. The van der Waals surface area contributed by atoms with Crippen LogP contribution in [0.2, 0.25) is 0 Å². The number of rotatable bonds is 1. The standard InChI is InChI=1S/C5H12N.C2H5NO.C2H6/c1-4-5-6(2)3;1-2(3)4;1-2/h5H,4H2,1-3H3;1H3,(H2,3,4);1-2H3/q+1;;/i1+1;;1+1,2+1. The summed E-state index contributed by atoms with van der Waals surface area (Å²) in [7, 11) is 4.06. The molecule has 3 heteroatoms. The van der Waals surface area contributed by atoms with Crippen LogP contribution < -0.4 is 5.73 Å².